The van der Waals surface area contributed by atoms with Crippen molar-refractivity contribution in [3.05, 3.63) is 0 Å². The number of carbonyl (C=O) groups excluding carboxylic acids is 1. The molecule has 0 aromatic heterocycles. The fraction of sp³-hybridized carbons (Fsp3) is 0.900. The van der Waals surface area contributed by atoms with E-state index in [-0.39, 0.29) is 6.03 Å². The first kappa shape index (κ1) is 11.7. The van der Waals surface area contributed by atoms with Gasteiger partial charge in [-0.25, -0.2) is 4.79 Å². The Kier molecular flexibility index (Phi) is 5.15. The van der Waals surface area contributed by atoms with Gasteiger partial charge >= 0.3 is 6.03 Å². The Morgan fingerprint density at radius 1 is 1.36 bits per heavy atom. The molecule has 1 rings (SSSR count). The first-order chi connectivity index (χ1) is 6.77. The molecule has 4 heteroatoms. The maximum absolute atomic E-state index is 11.7. The minimum atomic E-state index is 0.104. The van der Waals surface area contributed by atoms with Crippen molar-refractivity contribution in [1.82, 2.24) is 10.2 Å². The fourth-order valence-corrected chi connectivity index (χ4v) is 2.73. The van der Waals surface area contributed by atoms with Gasteiger partial charge in [-0.05, 0) is 38.2 Å². The quantitative estimate of drug-likeness (QED) is 0.782. The maximum Gasteiger partial charge on any atom is 0.317 e. The van der Waals surface area contributed by atoms with Crippen LogP contribution in [-0.2, 0) is 0 Å². The van der Waals surface area contributed by atoms with E-state index in [0.717, 1.165) is 25.9 Å². The molecule has 0 aliphatic carbocycles. The molecule has 0 aromatic rings. The molecule has 14 heavy (non-hydrogen) atoms. The van der Waals surface area contributed by atoms with Gasteiger partial charge in [0, 0.05) is 19.1 Å². The lowest BCUT2D eigenvalue weighted by Crippen LogP contribution is -2.45. The first-order valence-electron chi connectivity index (χ1n) is 5.41. The zero-order chi connectivity index (χ0) is 10.4. The minimum absolute atomic E-state index is 0.104. The highest BCUT2D eigenvalue weighted by atomic mass is 32.2. The van der Waals surface area contributed by atoms with Crippen LogP contribution in [0.4, 0.5) is 4.79 Å². The third kappa shape index (κ3) is 3.40. The van der Waals surface area contributed by atoms with Gasteiger partial charge < -0.3 is 10.2 Å². The van der Waals surface area contributed by atoms with Gasteiger partial charge in [0.25, 0.3) is 0 Å². The summed E-state index contributed by atoms with van der Waals surface area (Å²) in [6.45, 7) is 5.62. The second-order valence-electron chi connectivity index (χ2n) is 3.51. The Balaban J connectivity index is 2.30. The van der Waals surface area contributed by atoms with Gasteiger partial charge in [0.2, 0.25) is 0 Å². The largest absolute Gasteiger partial charge is 0.335 e. The molecule has 1 fully saturated rings. The van der Waals surface area contributed by atoms with Gasteiger partial charge in [0.1, 0.15) is 0 Å². The summed E-state index contributed by atoms with van der Waals surface area (Å²) in [5, 5.41) is 3.09. The molecule has 1 aliphatic rings. The topological polar surface area (TPSA) is 32.3 Å². The summed E-state index contributed by atoms with van der Waals surface area (Å²) < 4.78 is 0. The van der Waals surface area contributed by atoms with E-state index >= 15 is 0 Å². The number of hydrogen-bond donors (Lipinski definition) is 1. The summed E-state index contributed by atoms with van der Waals surface area (Å²) in [6, 6.07) is 0.510. The molecule has 0 atom stereocenters. The average Bonchev–Trinajstić information content (AvgIpc) is 2.21. The SMILES string of the molecule is CCN(CC)C(=O)NC1CCSCC1. The van der Waals surface area contributed by atoms with E-state index in [1.165, 1.54) is 11.5 Å². The molecule has 0 spiro atoms. The summed E-state index contributed by atoms with van der Waals surface area (Å²) in [6.07, 6.45) is 2.25. The number of rotatable bonds is 3. The Hall–Kier alpha value is -0.380. The summed E-state index contributed by atoms with van der Waals surface area (Å²) in [5.74, 6) is 2.37. The van der Waals surface area contributed by atoms with Crippen LogP contribution in [0.2, 0.25) is 0 Å². The van der Waals surface area contributed by atoms with Crippen molar-refractivity contribution in [3.8, 4) is 0 Å². The highest BCUT2D eigenvalue weighted by Crippen LogP contribution is 2.16. The summed E-state index contributed by atoms with van der Waals surface area (Å²) in [5.41, 5.74) is 0. The second-order valence-corrected chi connectivity index (χ2v) is 4.73. The van der Waals surface area contributed by atoms with Gasteiger partial charge in [-0.1, -0.05) is 0 Å². The van der Waals surface area contributed by atoms with Gasteiger partial charge in [-0.2, -0.15) is 11.8 Å². The first-order valence-corrected chi connectivity index (χ1v) is 6.56. The molecular formula is C10H20N2OS. The van der Waals surface area contributed by atoms with Crippen molar-refractivity contribution in [1.29, 1.82) is 0 Å². The van der Waals surface area contributed by atoms with Crippen molar-refractivity contribution in [2.75, 3.05) is 24.6 Å². The van der Waals surface area contributed by atoms with Crippen molar-refractivity contribution in [2.24, 2.45) is 0 Å². The zero-order valence-corrected chi connectivity index (χ0v) is 9.90. The Labute approximate surface area is 90.6 Å². The van der Waals surface area contributed by atoms with Gasteiger partial charge in [0.15, 0.2) is 0 Å². The maximum atomic E-state index is 11.7. The molecule has 0 unspecified atom stereocenters. The lowest BCUT2D eigenvalue weighted by Gasteiger charge is -2.26. The van der Waals surface area contributed by atoms with Crippen molar-refractivity contribution < 1.29 is 4.79 Å². The average molecular weight is 216 g/mol. The molecule has 0 bridgehead atoms. The molecule has 0 aromatic carbocycles. The molecule has 3 nitrogen and oxygen atoms in total. The summed E-state index contributed by atoms with van der Waals surface area (Å²) >= 11 is 1.98. The number of thioether (sulfide) groups is 1. The highest BCUT2D eigenvalue weighted by molar-refractivity contribution is 7.99. The van der Waals surface area contributed by atoms with Crippen LogP contribution in [0, 0.1) is 0 Å². The molecule has 0 saturated carbocycles. The van der Waals surface area contributed by atoms with E-state index in [4.69, 9.17) is 0 Å². The van der Waals surface area contributed by atoms with E-state index in [1.54, 1.807) is 0 Å². The predicted octanol–water partition coefficient (Wildman–Crippen LogP) is 1.93. The van der Waals surface area contributed by atoms with Gasteiger partial charge in [0.05, 0.1) is 0 Å². The number of nitrogens with one attached hydrogen (secondary N) is 1. The van der Waals surface area contributed by atoms with E-state index < -0.39 is 0 Å². The smallest absolute Gasteiger partial charge is 0.317 e. The normalized spacial score (nSPS) is 17.9. The van der Waals surface area contributed by atoms with Crippen LogP contribution in [0.25, 0.3) is 0 Å². The molecule has 1 heterocycles. The van der Waals surface area contributed by atoms with Crippen molar-refractivity contribution in [3.63, 3.8) is 0 Å². The van der Waals surface area contributed by atoms with Gasteiger partial charge in [-0.15, -0.1) is 0 Å². The Morgan fingerprint density at radius 3 is 2.43 bits per heavy atom. The van der Waals surface area contributed by atoms with Crippen molar-refractivity contribution >= 4 is 17.8 Å². The predicted molar refractivity (Wildman–Crippen MR) is 61.8 cm³/mol. The van der Waals surface area contributed by atoms with Crippen LogP contribution in [0.15, 0.2) is 0 Å². The lowest BCUT2D eigenvalue weighted by molar-refractivity contribution is 0.198. The van der Waals surface area contributed by atoms with Crippen LogP contribution >= 0.6 is 11.8 Å². The monoisotopic (exact) mass is 216 g/mol. The van der Waals surface area contributed by atoms with Crippen LogP contribution < -0.4 is 5.32 Å². The van der Waals surface area contributed by atoms with Crippen LogP contribution in [0.1, 0.15) is 26.7 Å². The second kappa shape index (κ2) is 6.17. The third-order valence-corrected chi connectivity index (χ3v) is 3.65. The molecular weight excluding hydrogens is 196 g/mol. The molecule has 1 aliphatic heterocycles. The van der Waals surface area contributed by atoms with E-state index in [0.29, 0.717) is 6.04 Å². The Bertz CT molecular complexity index is 177. The number of amides is 2. The molecule has 0 radical (unpaired) electrons. The molecule has 1 saturated heterocycles. The number of hydrogen-bond acceptors (Lipinski definition) is 2. The molecule has 82 valence electrons. The summed E-state index contributed by atoms with van der Waals surface area (Å²) in [7, 11) is 0. The number of carbonyl (C=O) groups is 1. The zero-order valence-electron chi connectivity index (χ0n) is 9.08. The summed E-state index contributed by atoms with van der Waals surface area (Å²) in [4.78, 5) is 13.5. The van der Waals surface area contributed by atoms with E-state index in [1.807, 2.05) is 30.5 Å². The molecule has 1 N–H and O–H groups in total. The minimum Gasteiger partial charge on any atom is -0.335 e. The highest BCUT2D eigenvalue weighted by Gasteiger charge is 2.17. The lowest BCUT2D eigenvalue weighted by atomic mass is 10.1. The number of nitrogens with zero attached hydrogens (tertiary/aromatic N) is 1. The third-order valence-electron chi connectivity index (χ3n) is 2.60. The number of urea groups is 1. The molecule has 2 amide bonds. The Morgan fingerprint density at radius 2 is 1.93 bits per heavy atom. The van der Waals surface area contributed by atoms with E-state index in [2.05, 4.69) is 5.32 Å². The van der Waals surface area contributed by atoms with Crippen LogP contribution in [0.5, 0.6) is 0 Å². The van der Waals surface area contributed by atoms with Crippen LogP contribution in [-0.4, -0.2) is 41.6 Å². The van der Waals surface area contributed by atoms with Crippen molar-refractivity contribution in [2.45, 2.75) is 32.7 Å². The van der Waals surface area contributed by atoms with E-state index in [9.17, 15) is 4.79 Å². The van der Waals surface area contributed by atoms with Crippen LogP contribution in [0.3, 0.4) is 0 Å². The van der Waals surface area contributed by atoms with Gasteiger partial charge in [-0.3, -0.25) is 0 Å². The standard InChI is InChI=1S/C10H20N2OS/c1-3-12(4-2)10(13)11-9-5-7-14-8-6-9/h9H,3-8H2,1-2H3,(H,11,13). The fourth-order valence-electron chi connectivity index (χ4n) is 1.62.